The first-order valence-electron chi connectivity index (χ1n) is 4.65. The van der Waals surface area contributed by atoms with Gasteiger partial charge in [-0.15, -0.1) is 0 Å². The molecular formula is C9H15NO2. The van der Waals surface area contributed by atoms with Gasteiger partial charge in [-0.05, 0) is 37.6 Å². The van der Waals surface area contributed by atoms with Gasteiger partial charge in [0.1, 0.15) is 0 Å². The molecule has 2 atom stereocenters. The van der Waals surface area contributed by atoms with Gasteiger partial charge in [-0.1, -0.05) is 0 Å². The Morgan fingerprint density at radius 2 is 2.33 bits per heavy atom. The number of aliphatic carboxylic acids is 1. The molecule has 2 aliphatic rings. The van der Waals surface area contributed by atoms with Crippen molar-refractivity contribution in [2.45, 2.75) is 25.7 Å². The van der Waals surface area contributed by atoms with E-state index in [0.717, 1.165) is 32.4 Å². The Morgan fingerprint density at radius 3 is 2.83 bits per heavy atom. The first-order chi connectivity index (χ1) is 5.72. The highest BCUT2D eigenvalue weighted by Crippen LogP contribution is 2.45. The van der Waals surface area contributed by atoms with Gasteiger partial charge in [0.15, 0.2) is 0 Å². The molecule has 0 aromatic rings. The fourth-order valence-electron chi connectivity index (χ4n) is 2.60. The van der Waals surface area contributed by atoms with Crippen molar-refractivity contribution >= 4 is 5.97 Å². The molecule has 0 radical (unpaired) electrons. The Balaban J connectivity index is 2.01. The molecule has 1 saturated carbocycles. The van der Waals surface area contributed by atoms with Gasteiger partial charge in [0.2, 0.25) is 0 Å². The van der Waals surface area contributed by atoms with E-state index < -0.39 is 5.97 Å². The number of carbonyl (C=O) groups is 1. The van der Waals surface area contributed by atoms with Crippen LogP contribution in [-0.2, 0) is 4.79 Å². The maximum Gasteiger partial charge on any atom is 0.306 e. The molecule has 2 fully saturated rings. The second-order valence-corrected chi connectivity index (χ2v) is 4.20. The third kappa shape index (κ3) is 1.22. The largest absolute Gasteiger partial charge is 0.481 e. The van der Waals surface area contributed by atoms with Gasteiger partial charge in [-0.25, -0.2) is 0 Å². The van der Waals surface area contributed by atoms with Crippen molar-refractivity contribution in [3.8, 4) is 0 Å². The molecule has 0 unspecified atom stereocenters. The number of carboxylic acids is 1. The molecule has 1 saturated heterocycles. The molecule has 1 heterocycles. The molecule has 0 aromatic heterocycles. The first kappa shape index (κ1) is 8.05. The molecule has 0 aromatic carbocycles. The minimum Gasteiger partial charge on any atom is -0.481 e. The summed E-state index contributed by atoms with van der Waals surface area (Å²) >= 11 is 0. The maximum atomic E-state index is 10.7. The summed E-state index contributed by atoms with van der Waals surface area (Å²) in [5, 5.41) is 12.2. The number of hydrogen-bond acceptors (Lipinski definition) is 2. The van der Waals surface area contributed by atoms with Gasteiger partial charge in [0.25, 0.3) is 0 Å². The van der Waals surface area contributed by atoms with Crippen LogP contribution >= 0.6 is 0 Å². The lowest BCUT2D eigenvalue weighted by atomic mass is 9.84. The average molecular weight is 169 g/mol. The summed E-state index contributed by atoms with van der Waals surface area (Å²) < 4.78 is 0. The quantitative estimate of drug-likeness (QED) is 0.612. The summed E-state index contributed by atoms with van der Waals surface area (Å²) in [7, 11) is 0. The molecule has 68 valence electrons. The van der Waals surface area contributed by atoms with Crippen LogP contribution in [-0.4, -0.2) is 24.2 Å². The van der Waals surface area contributed by atoms with Gasteiger partial charge in [-0.3, -0.25) is 4.79 Å². The Morgan fingerprint density at radius 1 is 1.50 bits per heavy atom. The van der Waals surface area contributed by atoms with E-state index in [0.29, 0.717) is 5.41 Å². The molecule has 2 N–H and O–H groups in total. The summed E-state index contributed by atoms with van der Waals surface area (Å²) in [4.78, 5) is 10.7. The molecular weight excluding hydrogens is 154 g/mol. The third-order valence-corrected chi connectivity index (χ3v) is 3.38. The number of nitrogens with one attached hydrogen (secondary N) is 1. The van der Waals surface area contributed by atoms with Crippen molar-refractivity contribution in [2.24, 2.45) is 11.3 Å². The summed E-state index contributed by atoms with van der Waals surface area (Å²) in [6.07, 6.45) is 4.07. The Kier molecular flexibility index (Phi) is 1.83. The summed E-state index contributed by atoms with van der Waals surface area (Å²) in [5.74, 6) is -0.663. The molecule has 1 aliphatic carbocycles. The number of hydrogen-bond donors (Lipinski definition) is 2. The van der Waals surface area contributed by atoms with Crippen LogP contribution in [0.25, 0.3) is 0 Å². The molecule has 0 amide bonds. The van der Waals surface area contributed by atoms with Gasteiger partial charge in [0, 0.05) is 6.54 Å². The zero-order valence-electron chi connectivity index (χ0n) is 7.18. The van der Waals surface area contributed by atoms with Crippen LogP contribution in [0.1, 0.15) is 25.7 Å². The van der Waals surface area contributed by atoms with Crippen LogP contribution < -0.4 is 5.32 Å². The molecule has 1 aliphatic heterocycles. The molecule has 1 spiro atoms. The van der Waals surface area contributed by atoms with Crippen molar-refractivity contribution in [3.63, 3.8) is 0 Å². The van der Waals surface area contributed by atoms with Gasteiger partial charge < -0.3 is 10.4 Å². The minimum absolute atomic E-state index is 0.0649. The third-order valence-electron chi connectivity index (χ3n) is 3.38. The number of carboxylic acid groups (broad SMARTS) is 1. The lowest BCUT2D eigenvalue weighted by Gasteiger charge is -2.20. The van der Waals surface area contributed by atoms with E-state index >= 15 is 0 Å². The van der Waals surface area contributed by atoms with Crippen molar-refractivity contribution in [3.05, 3.63) is 0 Å². The van der Waals surface area contributed by atoms with E-state index in [1.165, 1.54) is 6.42 Å². The molecule has 0 bridgehead atoms. The average Bonchev–Trinajstić information content (AvgIpc) is 2.62. The monoisotopic (exact) mass is 169 g/mol. The van der Waals surface area contributed by atoms with E-state index in [1.54, 1.807) is 0 Å². The zero-order chi connectivity index (χ0) is 8.60. The summed E-state index contributed by atoms with van der Waals surface area (Å²) in [6.45, 7) is 2.11. The highest BCUT2D eigenvalue weighted by atomic mass is 16.4. The van der Waals surface area contributed by atoms with Crippen molar-refractivity contribution in [1.29, 1.82) is 0 Å². The van der Waals surface area contributed by atoms with E-state index in [-0.39, 0.29) is 5.92 Å². The van der Waals surface area contributed by atoms with E-state index in [9.17, 15) is 4.79 Å². The van der Waals surface area contributed by atoms with E-state index in [4.69, 9.17) is 5.11 Å². The van der Waals surface area contributed by atoms with Gasteiger partial charge in [0.05, 0.1) is 5.92 Å². The van der Waals surface area contributed by atoms with Gasteiger partial charge in [-0.2, -0.15) is 0 Å². The van der Waals surface area contributed by atoms with Gasteiger partial charge >= 0.3 is 5.97 Å². The second-order valence-electron chi connectivity index (χ2n) is 4.20. The lowest BCUT2D eigenvalue weighted by Crippen LogP contribution is -2.21. The van der Waals surface area contributed by atoms with Crippen molar-refractivity contribution in [2.75, 3.05) is 13.1 Å². The van der Waals surface area contributed by atoms with Crippen LogP contribution in [0.15, 0.2) is 0 Å². The van der Waals surface area contributed by atoms with Crippen LogP contribution in [0.2, 0.25) is 0 Å². The van der Waals surface area contributed by atoms with Crippen LogP contribution in [0.4, 0.5) is 0 Å². The molecule has 3 heteroatoms. The second kappa shape index (κ2) is 2.73. The fourth-order valence-corrected chi connectivity index (χ4v) is 2.60. The molecule has 3 nitrogen and oxygen atoms in total. The van der Waals surface area contributed by atoms with Crippen molar-refractivity contribution < 1.29 is 9.90 Å². The Hall–Kier alpha value is -0.570. The maximum absolute atomic E-state index is 10.7. The highest BCUT2D eigenvalue weighted by molar-refractivity contribution is 5.70. The Labute approximate surface area is 72.2 Å². The van der Waals surface area contributed by atoms with E-state index in [2.05, 4.69) is 5.32 Å². The smallest absolute Gasteiger partial charge is 0.306 e. The predicted octanol–water partition coefficient (Wildman–Crippen LogP) is 0.851. The SMILES string of the molecule is O=C(O)[C@@H]1CC[C@]2(CCNC2)C1. The predicted molar refractivity (Wildman–Crippen MR) is 44.9 cm³/mol. The van der Waals surface area contributed by atoms with Crippen LogP contribution in [0.3, 0.4) is 0 Å². The molecule has 12 heavy (non-hydrogen) atoms. The van der Waals surface area contributed by atoms with Crippen LogP contribution in [0, 0.1) is 11.3 Å². The molecule has 2 rings (SSSR count). The highest BCUT2D eigenvalue weighted by Gasteiger charge is 2.43. The number of rotatable bonds is 1. The first-order valence-corrected chi connectivity index (χ1v) is 4.65. The zero-order valence-corrected chi connectivity index (χ0v) is 7.18. The van der Waals surface area contributed by atoms with Crippen molar-refractivity contribution in [1.82, 2.24) is 5.32 Å². The lowest BCUT2D eigenvalue weighted by molar-refractivity contribution is -0.141. The fraction of sp³-hybridized carbons (Fsp3) is 0.889. The minimum atomic E-state index is -0.598. The standard InChI is InChI=1S/C9H15NO2/c11-8(12)7-1-2-9(5-7)3-4-10-6-9/h7,10H,1-6H2,(H,11,12)/t7-,9+/m1/s1. The Bertz CT molecular complexity index is 197. The van der Waals surface area contributed by atoms with E-state index in [1.807, 2.05) is 0 Å². The van der Waals surface area contributed by atoms with Crippen LogP contribution in [0.5, 0.6) is 0 Å². The summed E-state index contributed by atoms with van der Waals surface area (Å²) in [6, 6.07) is 0. The topological polar surface area (TPSA) is 49.3 Å². The summed E-state index contributed by atoms with van der Waals surface area (Å²) in [5.41, 5.74) is 0.350. The normalized spacial score (nSPS) is 40.8.